The van der Waals surface area contributed by atoms with Crippen molar-refractivity contribution < 1.29 is 0 Å². The van der Waals surface area contributed by atoms with Gasteiger partial charge in [0.2, 0.25) is 0 Å². The molecule has 2 fully saturated rings. The minimum Gasteiger partial charge on any atom is -0.0885 e. The molecule has 0 aromatic heterocycles. The number of benzene rings is 20. The van der Waals surface area contributed by atoms with E-state index in [1.54, 1.807) is 0 Å². The summed E-state index contributed by atoms with van der Waals surface area (Å²) >= 11 is 0. The van der Waals surface area contributed by atoms with Gasteiger partial charge >= 0.3 is 0 Å². The molecule has 2 saturated carbocycles. The number of hydrogen-bond acceptors (Lipinski definition) is 0. The lowest BCUT2D eigenvalue weighted by Gasteiger charge is -2.09. The maximum absolute atomic E-state index is 2.30. The van der Waals surface area contributed by atoms with Gasteiger partial charge in [0, 0.05) is 0 Å². The Hall–Kier alpha value is -14.6. The van der Waals surface area contributed by atoms with Crippen LogP contribution < -0.4 is 0 Å². The van der Waals surface area contributed by atoms with Crippen molar-refractivity contribution in [3.8, 4) is 0 Å². The Bertz CT molecular complexity index is 6920. The third-order valence-corrected chi connectivity index (χ3v) is 25.1. The summed E-state index contributed by atoms with van der Waals surface area (Å²) in [5.74, 6) is 0. The summed E-state index contributed by atoms with van der Waals surface area (Å²) < 4.78 is 0. The van der Waals surface area contributed by atoms with Gasteiger partial charge in [0.05, 0.1) is 0 Å². The van der Waals surface area contributed by atoms with Gasteiger partial charge < -0.3 is 0 Å². The molecule has 20 aromatic carbocycles. The van der Waals surface area contributed by atoms with Crippen LogP contribution in [0.5, 0.6) is 0 Å². The van der Waals surface area contributed by atoms with Gasteiger partial charge in [0.1, 0.15) is 0 Å². The average molecular weight is 1740 g/mol. The molecule has 0 radical (unpaired) electrons. The molecular formula is C134H126. The highest BCUT2D eigenvalue weighted by Crippen LogP contribution is 2.39. The van der Waals surface area contributed by atoms with E-state index in [4.69, 9.17) is 0 Å². The van der Waals surface area contributed by atoms with E-state index in [-0.39, 0.29) is 0 Å². The van der Waals surface area contributed by atoms with Crippen LogP contribution in [0.2, 0.25) is 0 Å². The Morgan fingerprint density at radius 2 is 0.328 bits per heavy atom. The van der Waals surface area contributed by atoms with Crippen LogP contribution in [0.15, 0.2) is 498 Å². The first kappa shape index (κ1) is 92.7. The van der Waals surface area contributed by atoms with Gasteiger partial charge in [-0.15, -0.1) is 0 Å². The van der Waals surface area contributed by atoms with E-state index in [9.17, 15) is 0 Å². The molecule has 0 spiro atoms. The van der Waals surface area contributed by atoms with Crippen LogP contribution in [0.4, 0.5) is 0 Å². The largest absolute Gasteiger partial charge is 0.0885 e. The van der Waals surface area contributed by atoms with Crippen molar-refractivity contribution >= 4 is 162 Å². The normalized spacial score (nSPS) is 14.3. The van der Waals surface area contributed by atoms with E-state index < -0.39 is 0 Å². The quantitative estimate of drug-likeness (QED) is 0.0806. The SMILES string of the molecule is C1=CC1.C1=CC=C1.C1=CCC1.C1=CCC=C1.C1=CCC=CC1.C1=CCCC1.C1=CCCC=C1.C1=CCCCC1.C1CC1.C1CCC1.c1cc2ccc3cccc4ccc(c1)c2c34.c1ccc2c(c1)c1ccccc1c1ccccc21.c1ccc2c(c1)ccc1c3ccccc3ccc21.c1ccc2c(c1)ccc1ccc3ccccc3c12.c1ccc2cc3c(ccc4ccccc43)cc2c1. The van der Waals surface area contributed by atoms with Crippen molar-refractivity contribution in [3.63, 3.8) is 0 Å². The minimum atomic E-state index is 1.14. The van der Waals surface area contributed by atoms with Crippen molar-refractivity contribution in [2.45, 2.75) is 141 Å². The second kappa shape index (κ2) is 50.7. The third kappa shape index (κ3) is 26.4. The molecule has 20 aromatic rings. The van der Waals surface area contributed by atoms with Crippen LogP contribution >= 0.6 is 0 Å². The molecule has 0 N–H and O–H groups in total. The topological polar surface area (TPSA) is 0 Å². The maximum atomic E-state index is 2.30. The lowest BCUT2D eigenvalue weighted by molar-refractivity contribution is 0.504. The monoisotopic (exact) mass is 1730 g/mol. The number of hydrogen-bond donors (Lipinski definition) is 0. The number of rotatable bonds is 0. The highest BCUT2D eigenvalue weighted by atomic mass is 14.2. The Balaban J connectivity index is 0.000000109. The highest BCUT2D eigenvalue weighted by molar-refractivity contribution is 6.26. The molecule has 0 amide bonds. The Morgan fingerprint density at radius 3 is 0.597 bits per heavy atom. The van der Waals surface area contributed by atoms with Gasteiger partial charge in [-0.05, 0) is 270 Å². The third-order valence-electron chi connectivity index (χ3n) is 25.1. The molecular weight excluding hydrogens is 1610 g/mol. The zero-order valence-corrected chi connectivity index (χ0v) is 77.9. The molecule has 662 valence electrons. The molecule has 0 heterocycles. The van der Waals surface area contributed by atoms with Crippen LogP contribution in [0.3, 0.4) is 0 Å². The Labute approximate surface area is 794 Å². The molecule has 0 nitrogen and oxygen atoms in total. The summed E-state index contributed by atoms with van der Waals surface area (Å²) in [5.41, 5.74) is 0. The van der Waals surface area contributed by atoms with E-state index in [1.165, 1.54) is 284 Å². The lowest BCUT2D eigenvalue weighted by atomic mass is 9.95. The zero-order chi connectivity index (χ0) is 90.9. The summed E-state index contributed by atoms with van der Waals surface area (Å²) in [6, 6.07) is 126. The number of fused-ring (bicyclic) bond motifs is 20. The molecule has 134 heavy (non-hydrogen) atoms. The van der Waals surface area contributed by atoms with Crippen LogP contribution in [-0.4, -0.2) is 0 Å². The first-order valence-corrected chi connectivity index (χ1v) is 49.3. The van der Waals surface area contributed by atoms with Crippen molar-refractivity contribution in [2.75, 3.05) is 0 Å². The standard InChI is InChI=1S/4C18H12.C16H10.C6H10.2C6H8.C5H8.C5H6.C4H8.C4H6.C4H4.C3H6.C3H4/c1-3-7-16-13(5-1)9-11-15-12-10-14-6-2-4-8-17(14)18(15)16;1-3-7-15-13(5-1)9-11-18-16-8-4-2-6-14(16)10-12-17(15)18;1-2-8-14-13(7-1)15-9-3-4-11-17(15)18-12-6-5-10-16(14)18;1-2-7-15-12-18-16(11-14(15)6-1)10-9-13-5-3-4-8-17(13)18;1-3-11-7-9-13-5-2-6-14-10-8-12(4-1)15(11)16(13)14;3*1-2-4-6-5-3-1;2*1-2-4-5-3-1;3*1-2-4-3-1;2*1-2-3-1/h4*1-12H;1-10H;1-2H,3-6H2;1-2,5-6H,3-4H2;1-4H,5-6H2;1-2H,3-5H2;1-4H,5H2;1-4H2;1-2H,3-4H2;1-4H;1-3H2;1-2H,3H2. The van der Waals surface area contributed by atoms with Gasteiger partial charge in [-0.25, -0.2) is 0 Å². The summed E-state index contributed by atoms with van der Waals surface area (Å²) in [6.45, 7) is 0. The van der Waals surface area contributed by atoms with Gasteiger partial charge in [0.25, 0.3) is 0 Å². The molecule has 0 atom stereocenters. The fourth-order valence-electron chi connectivity index (χ4n) is 17.1. The average Bonchev–Trinajstić information content (AvgIpc) is 1.78. The molecule has 0 saturated heterocycles. The molecule has 0 unspecified atom stereocenters. The fraction of sp³-hybridized carbons (Fsp3) is 0.164. The first-order chi connectivity index (χ1) is 66.7. The predicted molar refractivity (Wildman–Crippen MR) is 597 cm³/mol. The maximum Gasteiger partial charge on any atom is -0.00268 e. The van der Waals surface area contributed by atoms with Crippen LogP contribution in [0.1, 0.15) is 141 Å². The Morgan fingerprint density at radius 1 is 0.104 bits per heavy atom. The minimum absolute atomic E-state index is 1.14. The molecule has 0 heteroatoms. The fourth-order valence-corrected chi connectivity index (χ4v) is 17.1. The van der Waals surface area contributed by atoms with E-state index in [0.29, 0.717) is 0 Å². The van der Waals surface area contributed by atoms with Gasteiger partial charge in [0.15, 0.2) is 0 Å². The summed E-state index contributed by atoms with van der Waals surface area (Å²) in [5, 5.41) is 40.0. The van der Waals surface area contributed by atoms with E-state index >= 15 is 0 Å². The zero-order valence-electron chi connectivity index (χ0n) is 77.9. The molecule has 0 bridgehead atoms. The van der Waals surface area contributed by atoms with Crippen molar-refractivity contribution in [2.24, 2.45) is 0 Å². The summed E-state index contributed by atoms with van der Waals surface area (Å²) in [4.78, 5) is 0. The van der Waals surface area contributed by atoms with Crippen LogP contribution in [0.25, 0.3) is 162 Å². The van der Waals surface area contributed by atoms with E-state index in [2.05, 4.69) is 473 Å². The summed E-state index contributed by atoms with van der Waals surface area (Å²) in [6.07, 6.45) is 81.0. The summed E-state index contributed by atoms with van der Waals surface area (Å²) in [7, 11) is 0. The second-order valence-electron chi connectivity index (χ2n) is 35.1. The van der Waals surface area contributed by atoms with Crippen LogP contribution in [0, 0.1) is 0 Å². The lowest BCUT2D eigenvalue weighted by Crippen LogP contribution is -1.85. The van der Waals surface area contributed by atoms with Gasteiger partial charge in [-0.2, -0.15) is 0 Å². The number of allylic oxidation sites excluding steroid dienone is 24. The van der Waals surface area contributed by atoms with E-state index in [0.717, 1.165) is 19.3 Å². The predicted octanol–water partition coefficient (Wildman–Crippen LogP) is 40.4. The van der Waals surface area contributed by atoms with Crippen molar-refractivity contribution in [1.29, 1.82) is 0 Å². The van der Waals surface area contributed by atoms with Gasteiger partial charge in [-0.3, -0.25) is 0 Å². The van der Waals surface area contributed by atoms with E-state index in [1.807, 2.05) is 24.3 Å². The molecule has 0 aliphatic heterocycles. The molecule has 30 rings (SSSR count). The highest BCUT2D eigenvalue weighted by Gasteiger charge is 2.11. The molecule has 10 aliphatic rings. The van der Waals surface area contributed by atoms with Crippen molar-refractivity contribution in [1.82, 2.24) is 0 Å². The van der Waals surface area contributed by atoms with Gasteiger partial charge in [-0.1, -0.05) is 530 Å². The van der Waals surface area contributed by atoms with Crippen molar-refractivity contribution in [3.05, 3.63) is 498 Å². The second-order valence-corrected chi connectivity index (χ2v) is 35.1. The molecule has 10 aliphatic carbocycles. The Kier molecular flexibility index (Phi) is 35.1. The van der Waals surface area contributed by atoms with Crippen LogP contribution in [-0.2, 0) is 0 Å². The first-order valence-electron chi connectivity index (χ1n) is 49.3. The smallest absolute Gasteiger partial charge is 0.00268 e.